The molecule has 0 radical (unpaired) electrons. The Morgan fingerprint density at radius 2 is 1.39 bits per heavy atom. The molecule has 2 aromatic rings. The van der Waals surface area contributed by atoms with Crippen molar-refractivity contribution in [2.24, 2.45) is 0 Å². The van der Waals surface area contributed by atoms with E-state index in [0.29, 0.717) is 17.2 Å². The first-order valence-corrected chi connectivity index (χ1v) is 5.48. The molecule has 4 heteroatoms. The highest BCUT2D eigenvalue weighted by atomic mass is 16.7. The Morgan fingerprint density at radius 3 is 2.06 bits per heavy atom. The summed E-state index contributed by atoms with van der Waals surface area (Å²) in [5.41, 5.74) is 0. The van der Waals surface area contributed by atoms with Crippen molar-refractivity contribution >= 4 is 0 Å². The van der Waals surface area contributed by atoms with Crippen LogP contribution in [0.4, 0.5) is 0 Å². The van der Waals surface area contributed by atoms with Crippen molar-refractivity contribution in [1.82, 2.24) is 0 Å². The molecule has 0 atom stereocenters. The lowest BCUT2D eigenvalue weighted by atomic mass is 10.3. The lowest BCUT2D eigenvalue weighted by molar-refractivity contribution is 0.113. The van der Waals surface area contributed by atoms with E-state index < -0.39 is 0 Å². The Labute approximate surface area is 105 Å². The molecule has 0 aliphatic carbocycles. The second-order valence-corrected chi connectivity index (χ2v) is 3.53. The summed E-state index contributed by atoms with van der Waals surface area (Å²) < 4.78 is 15.9. The summed E-state index contributed by atoms with van der Waals surface area (Å²) in [7, 11) is 1.58. The van der Waals surface area contributed by atoms with Crippen LogP contribution in [0.2, 0.25) is 0 Å². The second-order valence-electron chi connectivity index (χ2n) is 3.53. The monoisotopic (exact) mass is 246 g/mol. The van der Waals surface area contributed by atoms with Gasteiger partial charge in [-0.3, -0.25) is 0 Å². The molecule has 0 saturated heterocycles. The van der Waals surface area contributed by atoms with Gasteiger partial charge in [0, 0.05) is 0 Å². The number of hydrogen-bond donors (Lipinski definition) is 1. The number of hydrogen-bond acceptors (Lipinski definition) is 4. The highest BCUT2D eigenvalue weighted by molar-refractivity contribution is 5.40. The number of ether oxygens (including phenoxy) is 3. The molecule has 0 amide bonds. The summed E-state index contributed by atoms with van der Waals surface area (Å²) in [5, 5.41) is 9.50. The van der Waals surface area contributed by atoms with Crippen molar-refractivity contribution < 1.29 is 19.3 Å². The minimum atomic E-state index is -0.00204. The van der Waals surface area contributed by atoms with Crippen LogP contribution >= 0.6 is 0 Å². The van der Waals surface area contributed by atoms with Crippen molar-refractivity contribution in [2.75, 3.05) is 13.9 Å². The first kappa shape index (κ1) is 12.1. The third-order valence-corrected chi connectivity index (χ3v) is 2.36. The van der Waals surface area contributed by atoms with E-state index >= 15 is 0 Å². The number of aromatic hydroxyl groups is 1. The number of phenols is 1. The minimum Gasteiger partial charge on any atom is -0.504 e. The van der Waals surface area contributed by atoms with Crippen molar-refractivity contribution in [3.63, 3.8) is 0 Å². The standard InChI is InChI=1S/C14H14O4/c1-16-13-8-4-5-9-14(13)18-10-17-12-7-3-2-6-11(12)15/h2-9,15H,10H2,1H3. The van der Waals surface area contributed by atoms with Gasteiger partial charge in [-0.05, 0) is 24.3 Å². The van der Waals surface area contributed by atoms with E-state index in [9.17, 15) is 5.11 Å². The van der Waals surface area contributed by atoms with Crippen LogP contribution in [0.1, 0.15) is 0 Å². The van der Waals surface area contributed by atoms with E-state index in [-0.39, 0.29) is 12.5 Å². The van der Waals surface area contributed by atoms with Gasteiger partial charge >= 0.3 is 0 Å². The first-order chi connectivity index (χ1) is 8.81. The number of benzene rings is 2. The van der Waals surface area contributed by atoms with Gasteiger partial charge in [0.05, 0.1) is 7.11 Å². The quantitative estimate of drug-likeness (QED) is 0.824. The molecule has 18 heavy (non-hydrogen) atoms. The van der Waals surface area contributed by atoms with Gasteiger partial charge in [0.1, 0.15) is 0 Å². The predicted octanol–water partition coefficient (Wildman–Crippen LogP) is 2.82. The number of phenolic OH excluding ortho intramolecular Hbond substituents is 1. The van der Waals surface area contributed by atoms with Crippen molar-refractivity contribution in [3.8, 4) is 23.0 Å². The van der Waals surface area contributed by atoms with Gasteiger partial charge < -0.3 is 19.3 Å². The maximum Gasteiger partial charge on any atom is 0.231 e. The zero-order chi connectivity index (χ0) is 12.8. The molecule has 2 rings (SSSR count). The Balaban J connectivity index is 1.95. The predicted molar refractivity (Wildman–Crippen MR) is 67.2 cm³/mol. The number of rotatable bonds is 5. The van der Waals surface area contributed by atoms with Crippen LogP contribution in [0.15, 0.2) is 48.5 Å². The third kappa shape index (κ3) is 2.85. The van der Waals surface area contributed by atoms with Gasteiger partial charge in [-0.2, -0.15) is 0 Å². The molecule has 1 N–H and O–H groups in total. The molecule has 2 aromatic carbocycles. The summed E-state index contributed by atoms with van der Waals surface area (Å²) in [6.45, 7) is -0.00204. The molecule has 0 bridgehead atoms. The van der Waals surface area contributed by atoms with Crippen LogP contribution in [-0.2, 0) is 0 Å². The maximum atomic E-state index is 9.50. The van der Waals surface area contributed by atoms with Crippen LogP contribution in [0.5, 0.6) is 23.0 Å². The summed E-state index contributed by atoms with van der Waals surface area (Å²) in [4.78, 5) is 0. The molecule has 0 aliphatic heterocycles. The normalized spacial score (nSPS) is 9.83. The molecule has 0 fully saturated rings. The van der Waals surface area contributed by atoms with E-state index in [0.717, 1.165) is 0 Å². The highest BCUT2D eigenvalue weighted by Crippen LogP contribution is 2.27. The second kappa shape index (κ2) is 5.82. The fraction of sp³-hybridized carbons (Fsp3) is 0.143. The number of methoxy groups -OCH3 is 1. The van der Waals surface area contributed by atoms with Crippen LogP contribution in [0.3, 0.4) is 0 Å². The molecular formula is C14H14O4. The Morgan fingerprint density at radius 1 is 0.833 bits per heavy atom. The molecular weight excluding hydrogens is 232 g/mol. The van der Waals surface area contributed by atoms with Crippen molar-refractivity contribution in [2.45, 2.75) is 0 Å². The zero-order valence-corrected chi connectivity index (χ0v) is 10.00. The molecule has 94 valence electrons. The molecule has 0 heterocycles. The number of para-hydroxylation sites is 4. The average molecular weight is 246 g/mol. The van der Waals surface area contributed by atoms with E-state index in [2.05, 4.69) is 0 Å². The van der Waals surface area contributed by atoms with E-state index in [4.69, 9.17) is 14.2 Å². The fourth-order valence-corrected chi connectivity index (χ4v) is 1.47. The van der Waals surface area contributed by atoms with Gasteiger partial charge in [0.15, 0.2) is 23.0 Å². The topological polar surface area (TPSA) is 47.9 Å². The minimum absolute atomic E-state index is 0.00204. The van der Waals surface area contributed by atoms with Crippen molar-refractivity contribution in [3.05, 3.63) is 48.5 Å². The summed E-state index contributed by atoms with van der Waals surface area (Å²) in [6.07, 6.45) is 0. The molecule has 0 spiro atoms. The SMILES string of the molecule is COc1ccccc1OCOc1ccccc1O. The van der Waals surface area contributed by atoms with E-state index in [1.165, 1.54) is 0 Å². The van der Waals surface area contributed by atoms with E-state index in [1.54, 1.807) is 43.5 Å². The molecule has 4 nitrogen and oxygen atoms in total. The smallest absolute Gasteiger partial charge is 0.231 e. The highest BCUT2D eigenvalue weighted by Gasteiger charge is 2.04. The maximum absolute atomic E-state index is 9.50. The summed E-state index contributed by atoms with van der Waals surface area (Å²) in [6, 6.07) is 14.0. The Bertz CT molecular complexity index is 511. The largest absolute Gasteiger partial charge is 0.504 e. The zero-order valence-electron chi connectivity index (χ0n) is 10.00. The van der Waals surface area contributed by atoms with Crippen molar-refractivity contribution in [1.29, 1.82) is 0 Å². The van der Waals surface area contributed by atoms with Gasteiger partial charge in [0.25, 0.3) is 0 Å². The fourth-order valence-electron chi connectivity index (χ4n) is 1.47. The Hall–Kier alpha value is -2.36. The summed E-state index contributed by atoms with van der Waals surface area (Å²) >= 11 is 0. The lowest BCUT2D eigenvalue weighted by Crippen LogP contribution is -2.06. The summed E-state index contributed by atoms with van der Waals surface area (Å²) in [5.74, 6) is 1.70. The van der Waals surface area contributed by atoms with Gasteiger partial charge in [0.2, 0.25) is 6.79 Å². The molecule has 0 aliphatic rings. The molecule has 0 aromatic heterocycles. The van der Waals surface area contributed by atoms with Crippen LogP contribution in [0, 0.1) is 0 Å². The van der Waals surface area contributed by atoms with Crippen LogP contribution in [0.25, 0.3) is 0 Å². The Kier molecular flexibility index (Phi) is 3.91. The van der Waals surface area contributed by atoms with Gasteiger partial charge in [-0.15, -0.1) is 0 Å². The van der Waals surface area contributed by atoms with Crippen LogP contribution < -0.4 is 14.2 Å². The molecule has 0 unspecified atom stereocenters. The van der Waals surface area contributed by atoms with Gasteiger partial charge in [-0.1, -0.05) is 24.3 Å². The third-order valence-electron chi connectivity index (χ3n) is 2.36. The van der Waals surface area contributed by atoms with Gasteiger partial charge in [-0.25, -0.2) is 0 Å². The first-order valence-electron chi connectivity index (χ1n) is 5.48. The van der Waals surface area contributed by atoms with E-state index in [1.807, 2.05) is 12.1 Å². The van der Waals surface area contributed by atoms with Crippen LogP contribution in [-0.4, -0.2) is 19.0 Å². The average Bonchev–Trinajstić information content (AvgIpc) is 2.41. The molecule has 0 saturated carbocycles. The lowest BCUT2D eigenvalue weighted by Gasteiger charge is -2.11.